The summed E-state index contributed by atoms with van der Waals surface area (Å²) >= 11 is 6.29. The predicted octanol–water partition coefficient (Wildman–Crippen LogP) is 2.91. The molecule has 0 aliphatic heterocycles. The van der Waals surface area contributed by atoms with Gasteiger partial charge in [0.25, 0.3) is 0 Å². The van der Waals surface area contributed by atoms with Crippen LogP contribution in [0.5, 0.6) is 5.75 Å². The number of methoxy groups -OCH3 is 1. The van der Waals surface area contributed by atoms with Crippen LogP contribution in [0.3, 0.4) is 0 Å². The zero-order chi connectivity index (χ0) is 13.2. The molecule has 0 radical (unpaired) electrons. The van der Waals surface area contributed by atoms with E-state index < -0.39 is 0 Å². The number of nitrogens with zero attached hydrogens (tertiary/aromatic N) is 1. The highest BCUT2D eigenvalue weighted by Gasteiger charge is 2.19. The van der Waals surface area contributed by atoms with Crippen LogP contribution in [0, 0.1) is 20.8 Å². The number of halogens is 1. The molecule has 4 heteroatoms. The smallest absolute Gasteiger partial charge is 0.145 e. The predicted molar refractivity (Wildman–Crippen MR) is 71.5 cm³/mol. The molecule has 0 heterocycles. The molecule has 0 atom stereocenters. The molecule has 1 rings (SSSR count). The summed E-state index contributed by atoms with van der Waals surface area (Å²) in [6.07, 6.45) is 0.863. The van der Waals surface area contributed by atoms with Crippen molar-refractivity contribution < 1.29 is 9.53 Å². The van der Waals surface area contributed by atoms with E-state index in [0.717, 1.165) is 39.4 Å². The maximum absolute atomic E-state index is 10.6. The standard InChI is InChI=1S/C13H18ClNO2/c1-8-9(2)13(17-5)12(10(3)11(8)14)15(4)6-7-16/h7H,6H2,1-5H3. The van der Waals surface area contributed by atoms with Gasteiger partial charge in [0.2, 0.25) is 0 Å². The molecular weight excluding hydrogens is 238 g/mol. The van der Waals surface area contributed by atoms with E-state index in [0.29, 0.717) is 6.54 Å². The van der Waals surface area contributed by atoms with Gasteiger partial charge in [-0.2, -0.15) is 0 Å². The summed E-state index contributed by atoms with van der Waals surface area (Å²) in [7, 11) is 3.48. The van der Waals surface area contributed by atoms with Gasteiger partial charge in [-0.1, -0.05) is 11.6 Å². The second kappa shape index (κ2) is 5.41. The summed E-state index contributed by atoms with van der Waals surface area (Å²) in [6.45, 7) is 6.19. The largest absolute Gasteiger partial charge is 0.494 e. The first-order chi connectivity index (χ1) is 7.95. The minimum absolute atomic E-state index is 0.316. The van der Waals surface area contributed by atoms with Crippen LogP contribution in [0.15, 0.2) is 0 Å². The summed E-state index contributed by atoms with van der Waals surface area (Å²) in [5.74, 6) is 0.786. The van der Waals surface area contributed by atoms with E-state index in [-0.39, 0.29) is 0 Å². The van der Waals surface area contributed by atoms with E-state index in [2.05, 4.69) is 0 Å². The van der Waals surface area contributed by atoms with Crippen molar-refractivity contribution in [3.05, 3.63) is 21.7 Å². The normalized spacial score (nSPS) is 10.2. The Balaban J connectivity index is 3.51. The van der Waals surface area contributed by atoms with Gasteiger partial charge in [0.1, 0.15) is 12.0 Å². The molecule has 17 heavy (non-hydrogen) atoms. The van der Waals surface area contributed by atoms with Crippen molar-refractivity contribution in [2.45, 2.75) is 20.8 Å². The van der Waals surface area contributed by atoms with Gasteiger partial charge in [-0.05, 0) is 37.5 Å². The van der Waals surface area contributed by atoms with Crippen LogP contribution in [-0.2, 0) is 4.79 Å². The highest BCUT2D eigenvalue weighted by Crippen LogP contribution is 2.41. The Morgan fingerprint density at radius 2 is 1.82 bits per heavy atom. The third-order valence-electron chi connectivity index (χ3n) is 3.07. The van der Waals surface area contributed by atoms with E-state index in [4.69, 9.17) is 16.3 Å². The summed E-state index contributed by atoms with van der Waals surface area (Å²) in [5, 5.41) is 0.732. The molecule has 0 N–H and O–H groups in total. The monoisotopic (exact) mass is 255 g/mol. The number of carbonyl (C=O) groups is 1. The van der Waals surface area contributed by atoms with Crippen molar-refractivity contribution >= 4 is 23.6 Å². The lowest BCUT2D eigenvalue weighted by Crippen LogP contribution is -2.21. The summed E-state index contributed by atoms with van der Waals surface area (Å²) < 4.78 is 5.44. The van der Waals surface area contributed by atoms with Gasteiger partial charge in [-0.25, -0.2) is 0 Å². The molecule has 0 spiro atoms. The first kappa shape index (κ1) is 13.8. The Kier molecular flexibility index (Phi) is 4.40. The lowest BCUT2D eigenvalue weighted by molar-refractivity contribution is -0.106. The van der Waals surface area contributed by atoms with Gasteiger partial charge in [-0.15, -0.1) is 0 Å². The summed E-state index contributed by atoms with van der Waals surface area (Å²) in [4.78, 5) is 12.5. The second-order valence-electron chi connectivity index (χ2n) is 4.12. The summed E-state index contributed by atoms with van der Waals surface area (Å²) in [5.41, 5.74) is 3.85. The van der Waals surface area contributed by atoms with E-state index in [1.54, 1.807) is 7.11 Å². The molecule has 0 amide bonds. The molecule has 0 saturated carbocycles. The molecule has 0 aliphatic rings. The lowest BCUT2D eigenvalue weighted by Gasteiger charge is -2.25. The van der Waals surface area contributed by atoms with Crippen LogP contribution in [0.25, 0.3) is 0 Å². The minimum atomic E-state index is 0.316. The molecule has 0 saturated heterocycles. The first-order valence-electron chi connectivity index (χ1n) is 5.43. The average Bonchev–Trinajstić information content (AvgIpc) is 2.31. The third kappa shape index (κ3) is 2.39. The Labute approximate surface area is 107 Å². The molecule has 0 unspecified atom stereocenters. The lowest BCUT2D eigenvalue weighted by atomic mass is 10.0. The number of likely N-dealkylation sites (N-methyl/N-ethyl adjacent to an activating group) is 1. The molecule has 0 aliphatic carbocycles. The van der Waals surface area contributed by atoms with Crippen LogP contribution in [0.1, 0.15) is 16.7 Å². The average molecular weight is 256 g/mol. The van der Waals surface area contributed by atoms with Gasteiger partial charge >= 0.3 is 0 Å². The minimum Gasteiger partial charge on any atom is -0.494 e. The SMILES string of the molecule is COc1c(C)c(C)c(Cl)c(C)c1N(C)CC=O. The highest BCUT2D eigenvalue weighted by atomic mass is 35.5. The fourth-order valence-corrected chi connectivity index (χ4v) is 2.21. The molecule has 3 nitrogen and oxygen atoms in total. The zero-order valence-corrected chi connectivity index (χ0v) is 11.7. The van der Waals surface area contributed by atoms with Crippen molar-refractivity contribution in [2.75, 3.05) is 25.6 Å². The van der Waals surface area contributed by atoms with Crippen LogP contribution in [-0.4, -0.2) is 27.0 Å². The molecule has 0 fully saturated rings. The molecule has 1 aromatic rings. The maximum Gasteiger partial charge on any atom is 0.145 e. The fraction of sp³-hybridized carbons (Fsp3) is 0.462. The number of hydrogen-bond donors (Lipinski definition) is 0. The molecule has 0 aromatic heterocycles. The van der Waals surface area contributed by atoms with E-state index in [9.17, 15) is 4.79 Å². The number of carbonyl (C=O) groups excluding carboxylic acids is 1. The first-order valence-corrected chi connectivity index (χ1v) is 5.81. The second-order valence-corrected chi connectivity index (χ2v) is 4.50. The molecular formula is C13H18ClNO2. The number of aldehydes is 1. The van der Waals surface area contributed by atoms with E-state index in [1.165, 1.54) is 0 Å². The van der Waals surface area contributed by atoms with Crippen LogP contribution >= 0.6 is 11.6 Å². The molecule has 1 aromatic carbocycles. The van der Waals surface area contributed by atoms with Gasteiger partial charge < -0.3 is 14.4 Å². The van der Waals surface area contributed by atoms with Gasteiger partial charge in [0, 0.05) is 12.1 Å². The van der Waals surface area contributed by atoms with Gasteiger partial charge in [0.05, 0.1) is 19.3 Å². The van der Waals surface area contributed by atoms with Crippen LogP contribution < -0.4 is 9.64 Å². The van der Waals surface area contributed by atoms with Crippen molar-refractivity contribution in [1.82, 2.24) is 0 Å². The molecule has 94 valence electrons. The Bertz CT molecular complexity index is 444. The Morgan fingerprint density at radius 3 is 2.29 bits per heavy atom. The Morgan fingerprint density at radius 1 is 1.24 bits per heavy atom. The zero-order valence-electron chi connectivity index (χ0n) is 10.9. The third-order valence-corrected chi connectivity index (χ3v) is 3.63. The van der Waals surface area contributed by atoms with Gasteiger partial charge in [0.15, 0.2) is 0 Å². The van der Waals surface area contributed by atoms with Crippen molar-refractivity contribution in [1.29, 1.82) is 0 Å². The number of benzene rings is 1. The number of hydrogen-bond acceptors (Lipinski definition) is 3. The summed E-state index contributed by atoms with van der Waals surface area (Å²) in [6, 6.07) is 0. The molecule has 0 bridgehead atoms. The van der Waals surface area contributed by atoms with Gasteiger partial charge in [-0.3, -0.25) is 0 Å². The van der Waals surface area contributed by atoms with Crippen molar-refractivity contribution in [3.63, 3.8) is 0 Å². The van der Waals surface area contributed by atoms with E-state index >= 15 is 0 Å². The van der Waals surface area contributed by atoms with Crippen LogP contribution in [0.4, 0.5) is 5.69 Å². The topological polar surface area (TPSA) is 29.5 Å². The number of rotatable bonds is 4. The number of anilines is 1. The van der Waals surface area contributed by atoms with Crippen molar-refractivity contribution in [2.24, 2.45) is 0 Å². The Hall–Kier alpha value is -1.22. The van der Waals surface area contributed by atoms with Crippen LogP contribution in [0.2, 0.25) is 5.02 Å². The fourth-order valence-electron chi connectivity index (χ4n) is 1.98. The maximum atomic E-state index is 10.6. The highest BCUT2D eigenvalue weighted by molar-refractivity contribution is 6.32. The quantitative estimate of drug-likeness (QED) is 0.775. The number of ether oxygens (including phenoxy) is 1. The van der Waals surface area contributed by atoms with Crippen molar-refractivity contribution in [3.8, 4) is 5.75 Å². The van der Waals surface area contributed by atoms with E-state index in [1.807, 2.05) is 32.7 Å².